The maximum atomic E-state index is 13.9. The number of aliphatic hydroxyl groups excluding tert-OH is 2. The first-order valence-corrected chi connectivity index (χ1v) is 16.3. The topological polar surface area (TPSA) is 213 Å². The number of phenolic OH excluding ortho intramolecular Hbond substituents is 2. The van der Waals surface area contributed by atoms with Gasteiger partial charge in [-0.25, -0.2) is 0 Å². The zero-order chi connectivity index (χ0) is 36.1. The molecule has 0 saturated carbocycles. The molecule has 5 N–H and O–H groups in total. The minimum absolute atomic E-state index is 0.0435. The minimum Gasteiger partial charge on any atom is -0.507 e. The summed E-state index contributed by atoms with van der Waals surface area (Å²) in [5.74, 6) is -5.19. The second-order valence-electron chi connectivity index (χ2n) is 13.2. The van der Waals surface area contributed by atoms with E-state index in [-0.39, 0.29) is 47.5 Å². The van der Waals surface area contributed by atoms with Crippen LogP contribution >= 0.6 is 0 Å². The molecule has 2 aliphatic carbocycles. The normalized spacial score (nSPS) is 27.1. The van der Waals surface area contributed by atoms with E-state index in [1.807, 2.05) is 29.2 Å². The SMILES string of the molecule is COc1cccc2c1C(=O)c1c(O)c3c(c(O)c1C2=O)C[C@@](O)(C(=O)CO)C[C@@H]3O[C@H]1C[C@H](CC(=O)OCCN2C=CN(C)C2)[C@@H](O)[C@H](C)O1. The van der Waals surface area contributed by atoms with Gasteiger partial charge >= 0.3 is 5.97 Å². The number of aliphatic hydroxyl groups is 3. The molecule has 268 valence electrons. The standard InChI is InChI=1S/C35H40N2O13/c1-17-30(41)18(11-24(40)48-10-9-37-8-7-36(2)16-37)12-25(49-17)50-22-14-35(46,23(39)15-38)13-20-27(22)34(45)29-28(32(20)43)31(42)19-5-4-6-21(47-3)26(19)33(29)44/h4-8,17-18,22,25,30,38,41,43,45-46H,9-16H2,1-3H3/t17-,18-,22-,25-,30-,35-/m0/s1. The van der Waals surface area contributed by atoms with Crippen LogP contribution in [0.15, 0.2) is 30.6 Å². The van der Waals surface area contributed by atoms with Gasteiger partial charge in [0.2, 0.25) is 5.78 Å². The molecule has 0 spiro atoms. The van der Waals surface area contributed by atoms with Crippen molar-refractivity contribution in [3.63, 3.8) is 0 Å². The number of Topliss-reactive ketones (excluding diaryl/α,β-unsaturated/α-hetero) is 1. The number of fused-ring (bicyclic) bond motifs is 3. The Morgan fingerprint density at radius 3 is 2.50 bits per heavy atom. The third-order valence-corrected chi connectivity index (χ3v) is 9.89. The summed E-state index contributed by atoms with van der Waals surface area (Å²) < 4.78 is 22.9. The Labute approximate surface area is 287 Å². The molecule has 1 saturated heterocycles. The van der Waals surface area contributed by atoms with Crippen LogP contribution in [0.25, 0.3) is 0 Å². The van der Waals surface area contributed by atoms with Gasteiger partial charge < -0.3 is 54.3 Å². The largest absolute Gasteiger partial charge is 0.507 e. The van der Waals surface area contributed by atoms with E-state index in [1.165, 1.54) is 25.3 Å². The average molecular weight is 697 g/mol. The van der Waals surface area contributed by atoms with Crippen molar-refractivity contribution in [2.24, 2.45) is 5.92 Å². The van der Waals surface area contributed by atoms with Crippen LogP contribution in [-0.4, -0.2) is 123 Å². The number of benzene rings is 2. The summed E-state index contributed by atoms with van der Waals surface area (Å²) in [7, 11) is 3.23. The first-order chi connectivity index (χ1) is 23.8. The van der Waals surface area contributed by atoms with Crippen LogP contribution in [0.3, 0.4) is 0 Å². The van der Waals surface area contributed by atoms with Crippen LogP contribution in [0.4, 0.5) is 0 Å². The lowest BCUT2D eigenvalue weighted by Gasteiger charge is -2.42. The summed E-state index contributed by atoms with van der Waals surface area (Å²) in [6.45, 7) is 1.79. The number of esters is 1. The number of ketones is 3. The van der Waals surface area contributed by atoms with Gasteiger partial charge in [-0.15, -0.1) is 0 Å². The van der Waals surface area contributed by atoms with Gasteiger partial charge in [-0.05, 0) is 13.0 Å². The van der Waals surface area contributed by atoms with E-state index in [0.717, 1.165) is 0 Å². The lowest BCUT2D eigenvalue weighted by Crippen LogP contribution is -2.49. The fraction of sp³-hybridized carbons (Fsp3) is 0.486. The Morgan fingerprint density at radius 1 is 1.08 bits per heavy atom. The molecule has 2 aliphatic heterocycles. The zero-order valence-corrected chi connectivity index (χ0v) is 27.8. The van der Waals surface area contributed by atoms with Crippen molar-refractivity contribution in [2.45, 2.75) is 62.8 Å². The van der Waals surface area contributed by atoms with Crippen LogP contribution in [0, 0.1) is 5.92 Å². The van der Waals surface area contributed by atoms with E-state index in [0.29, 0.717) is 13.2 Å². The molecular formula is C35H40N2O13. The van der Waals surface area contributed by atoms with E-state index in [9.17, 15) is 44.7 Å². The molecule has 2 aromatic carbocycles. The van der Waals surface area contributed by atoms with Crippen molar-refractivity contribution in [1.29, 1.82) is 0 Å². The number of ether oxygens (including phenoxy) is 4. The van der Waals surface area contributed by atoms with Crippen molar-refractivity contribution in [3.8, 4) is 17.2 Å². The van der Waals surface area contributed by atoms with Crippen molar-refractivity contribution in [2.75, 3.05) is 40.6 Å². The Kier molecular flexibility index (Phi) is 9.63. The molecule has 0 aromatic heterocycles. The molecule has 0 radical (unpaired) electrons. The van der Waals surface area contributed by atoms with Gasteiger partial charge in [0.05, 0.1) is 61.7 Å². The summed E-state index contributed by atoms with van der Waals surface area (Å²) in [4.78, 5) is 57.2. The molecule has 15 nitrogen and oxygen atoms in total. The highest BCUT2D eigenvalue weighted by Gasteiger charge is 2.50. The fourth-order valence-corrected chi connectivity index (χ4v) is 7.30. The number of rotatable bonds is 10. The molecule has 0 amide bonds. The third-order valence-electron chi connectivity index (χ3n) is 9.89. The van der Waals surface area contributed by atoms with Crippen LogP contribution < -0.4 is 4.74 Å². The highest BCUT2D eigenvalue weighted by atomic mass is 16.7. The lowest BCUT2D eigenvalue weighted by molar-refractivity contribution is -0.257. The minimum atomic E-state index is -2.31. The second kappa shape index (κ2) is 13.6. The molecule has 15 heteroatoms. The highest BCUT2D eigenvalue weighted by Crippen LogP contribution is 2.52. The van der Waals surface area contributed by atoms with Gasteiger partial charge in [-0.3, -0.25) is 19.2 Å². The highest BCUT2D eigenvalue weighted by molar-refractivity contribution is 6.31. The second-order valence-corrected chi connectivity index (χ2v) is 13.2. The number of carbonyl (C=O) groups excluding carboxylic acids is 4. The summed E-state index contributed by atoms with van der Waals surface area (Å²) in [6, 6.07) is 4.34. The van der Waals surface area contributed by atoms with Crippen molar-refractivity contribution >= 4 is 23.3 Å². The molecule has 0 bridgehead atoms. The Balaban J connectivity index is 1.30. The number of nitrogens with zero attached hydrogens (tertiary/aromatic N) is 2. The van der Waals surface area contributed by atoms with Crippen molar-refractivity contribution in [3.05, 3.63) is 64.0 Å². The van der Waals surface area contributed by atoms with Gasteiger partial charge in [-0.1, -0.05) is 12.1 Å². The zero-order valence-electron chi connectivity index (χ0n) is 27.8. The maximum absolute atomic E-state index is 13.9. The van der Waals surface area contributed by atoms with E-state index >= 15 is 0 Å². The van der Waals surface area contributed by atoms with E-state index in [4.69, 9.17) is 18.9 Å². The van der Waals surface area contributed by atoms with Crippen LogP contribution in [0.5, 0.6) is 17.2 Å². The first kappa shape index (κ1) is 35.3. The Morgan fingerprint density at radius 2 is 1.82 bits per heavy atom. The molecule has 6 rings (SSSR count). The number of hydrogen-bond acceptors (Lipinski definition) is 15. The third kappa shape index (κ3) is 6.20. The van der Waals surface area contributed by atoms with Gasteiger partial charge in [0.15, 0.2) is 17.9 Å². The molecule has 1 fully saturated rings. The quantitative estimate of drug-likeness (QED) is 0.147. The van der Waals surface area contributed by atoms with Gasteiger partial charge in [0.1, 0.15) is 36.1 Å². The van der Waals surface area contributed by atoms with E-state index in [1.54, 1.807) is 6.92 Å². The Hall–Kier alpha value is -4.54. The predicted molar refractivity (Wildman–Crippen MR) is 171 cm³/mol. The number of hydrogen-bond donors (Lipinski definition) is 5. The van der Waals surface area contributed by atoms with E-state index in [2.05, 4.69) is 0 Å². The summed E-state index contributed by atoms with van der Waals surface area (Å²) in [5, 5.41) is 55.3. The predicted octanol–water partition coefficient (Wildman–Crippen LogP) is 0.900. The molecule has 50 heavy (non-hydrogen) atoms. The molecule has 2 heterocycles. The summed E-state index contributed by atoms with van der Waals surface area (Å²) >= 11 is 0. The number of methoxy groups -OCH3 is 1. The van der Waals surface area contributed by atoms with Crippen LogP contribution in [0.2, 0.25) is 0 Å². The van der Waals surface area contributed by atoms with Gasteiger partial charge in [0, 0.05) is 61.3 Å². The Bertz CT molecular complexity index is 1760. The number of aromatic hydroxyl groups is 2. The molecule has 6 atom stereocenters. The van der Waals surface area contributed by atoms with Crippen LogP contribution in [0.1, 0.15) is 75.3 Å². The smallest absolute Gasteiger partial charge is 0.306 e. The molecule has 2 aromatic rings. The van der Waals surface area contributed by atoms with Crippen LogP contribution in [-0.2, 0) is 30.2 Å². The number of phenols is 2. The fourth-order valence-electron chi connectivity index (χ4n) is 7.30. The summed E-state index contributed by atoms with van der Waals surface area (Å²) in [6.07, 6.45) is -2.09. The first-order valence-electron chi connectivity index (χ1n) is 16.3. The van der Waals surface area contributed by atoms with E-state index < -0.39 is 102 Å². The maximum Gasteiger partial charge on any atom is 0.306 e. The van der Waals surface area contributed by atoms with Crippen molar-refractivity contribution < 1.29 is 63.7 Å². The molecular weight excluding hydrogens is 656 g/mol. The number of carbonyl (C=O) groups is 4. The average Bonchev–Trinajstić information content (AvgIpc) is 3.50. The monoisotopic (exact) mass is 696 g/mol. The summed E-state index contributed by atoms with van der Waals surface area (Å²) in [5.41, 5.74) is -3.89. The molecule has 0 unspecified atom stereocenters. The van der Waals surface area contributed by atoms with Gasteiger partial charge in [-0.2, -0.15) is 0 Å². The lowest BCUT2D eigenvalue weighted by atomic mass is 9.72. The van der Waals surface area contributed by atoms with Crippen molar-refractivity contribution in [1.82, 2.24) is 9.80 Å². The molecule has 4 aliphatic rings. The van der Waals surface area contributed by atoms with Gasteiger partial charge in [0.25, 0.3) is 0 Å².